The third-order valence-electron chi connectivity index (χ3n) is 6.23. The second-order valence-corrected chi connectivity index (χ2v) is 9.88. The highest BCUT2D eigenvalue weighted by atomic mass is 32.1. The van der Waals surface area contributed by atoms with Gasteiger partial charge in [0, 0.05) is 17.5 Å². The highest BCUT2D eigenvalue weighted by Gasteiger charge is 2.25. The summed E-state index contributed by atoms with van der Waals surface area (Å²) in [5.41, 5.74) is 3.99. The molecule has 4 aromatic rings. The maximum absolute atomic E-state index is 13.2. The quantitative estimate of drug-likeness (QED) is 0.172. The number of amides is 1. The molecule has 182 valence electrons. The number of fused-ring (bicyclic) bond motifs is 1. The molecular formula is C28H25N3O4S. The van der Waals surface area contributed by atoms with E-state index in [1.54, 1.807) is 35.8 Å². The zero-order chi connectivity index (χ0) is 25.1. The van der Waals surface area contributed by atoms with E-state index in [0.717, 1.165) is 42.4 Å². The molecule has 0 spiro atoms. The summed E-state index contributed by atoms with van der Waals surface area (Å²) in [7, 11) is 0. The molecule has 36 heavy (non-hydrogen) atoms. The molecular weight excluding hydrogens is 474 g/mol. The topological polar surface area (TPSA) is 97.7 Å². The third kappa shape index (κ3) is 4.99. The fourth-order valence-electron chi connectivity index (χ4n) is 4.43. The van der Waals surface area contributed by atoms with Gasteiger partial charge in [0.15, 0.2) is 0 Å². The van der Waals surface area contributed by atoms with Crippen LogP contribution >= 0.6 is 11.3 Å². The molecule has 0 radical (unpaired) electrons. The Labute approximate surface area is 212 Å². The number of aliphatic imine (C=N–C) groups is 1. The Kier molecular flexibility index (Phi) is 6.77. The summed E-state index contributed by atoms with van der Waals surface area (Å²) in [6, 6.07) is 18.3. The van der Waals surface area contributed by atoms with Gasteiger partial charge in [-0.2, -0.15) is 0 Å². The number of nitrogens with one attached hydrogen (secondary N) is 1. The molecule has 1 aliphatic rings. The van der Waals surface area contributed by atoms with Crippen molar-refractivity contribution >= 4 is 34.1 Å². The maximum atomic E-state index is 13.2. The van der Waals surface area contributed by atoms with Crippen LogP contribution < -0.4 is 5.32 Å². The Bertz CT molecular complexity index is 1450. The van der Waals surface area contributed by atoms with Gasteiger partial charge in [-0.3, -0.25) is 14.9 Å². The van der Waals surface area contributed by atoms with Gasteiger partial charge in [0.2, 0.25) is 0 Å². The van der Waals surface area contributed by atoms with Gasteiger partial charge < -0.3 is 9.73 Å². The van der Waals surface area contributed by atoms with Crippen molar-refractivity contribution in [2.45, 2.75) is 39.2 Å². The van der Waals surface area contributed by atoms with Crippen molar-refractivity contribution in [1.82, 2.24) is 5.32 Å². The number of nitro benzene ring substituents is 1. The number of furan rings is 1. The molecule has 2 aromatic heterocycles. The maximum Gasteiger partial charge on any atom is 0.280 e. The number of carbonyl (C=O) groups excluding carboxylic acids is 1. The summed E-state index contributed by atoms with van der Waals surface area (Å²) in [6.45, 7) is 2.26. The van der Waals surface area contributed by atoms with E-state index in [0.29, 0.717) is 34.2 Å². The average molecular weight is 500 g/mol. The molecule has 2 aromatic carbocycles. The Morgan fingerprint density at radius 1 is 1.14 bits per heavy atom. The number of hydrogen-bond acceptors (Lipinski definition) is 6. The summed E-state index contributed by atoms with van der Waals surface area (Å²) < 4.78 is 5.88. The lowest BCUT2D eigenvalue weighted by Gasteiger charge is -2.12. The van der Waals surface area contributed by atoms with Crippen LogP contribution in [-0.2, 0) is 19.4 Å². The van der Waals surface area contributed by atoms with Crippen LogP contribution in [0.3, 0.4) is 0 Å². The molecule has 0 saturated heterocycles. The number of nitrogens with zero attached hydrogens (tertiary/aromatic N) is 2. The largest absolute Gasteiger partial charge is 0.455 e. The van der Waals surface area contributed by atoms with Crippen LogP contribution in [0.4, 0.5) is 10.7 Å². The monoisotopic (exact) mass is 499 g/mol. The molecule has 8 heteroatoms. The summed E-state index contributed by atoms with van der Waals surface area (Å²) in [5.74, 6) is 0.733. The molecule has 0 unspecified atom stereocenters. The Morgan fingerprint density at radius 3 is 2.75 bits per heavy atom. The molecule has 0 aliphatic heterocycles. The number of hydrogen-bond donors (Lipinski definition) is 1. The van der Waals surface area contributed by atoms with Crippen molar-refractivity contribution in [3.63, 3.8) is 0 Å². The zero-order valence-electron chi connectivity index (χ0n) is 19.8. The number of aryl methyl sites for hydroxylation is 2. The van der Waals surface area contributed by atoms with Gasteiger partial charge in [-0.15, -0.1) is 11.3 Å². The number of rotatable bonds is 7. The molecule has 1 N–H and O–H groups in total. The summed E-state index contributed by atoms with van der Waals surface area (Å²) in [4.78, 5) is 30.2. The molecule has 0 saturated carbocycles. The highest BCUT2D eigenvalue weighted by Crippen LogP contribution is 2.40. The van der Waals surface area contributed by atoms with Crippen LogP contribution in [-0.4, -0.2) is 17.0 Å². The first-order valence-corrected chi connectivity index (χ1v) is 12.7. The Balaban J connectivity index is 1.41. The zero-order valence-corrected chi connectivity index (χ0v) is 20.6. The van der Waals surface area contributed by atoms with Crippen LogP contribution in [0.15, 0.2) is 70.1 Å². The fraction of sp³-hybridized carbons (Fsp3) is 0.214. The molecule has 5 rings (SSSR count). The van der Waals surface area contributed by atoms with Crippen molar-refractivity contribution in [2.24, 2.45) is 4.99 Å². The van der Waals surface area contributed by atoms with Crippen molar-refractivity contribution < 1.29 is 14.1 Å². The van der Waals surface area contributed by atoms with Gasteiger partial charge in [0.25, 0.3) is 11.6 Å². The number of carbonyl (C=O) groups is 1. The first-order chi connectivity index (χ1) is 17.5. The first kappa shape index (κ1) is 23.7. The molecule has 0 atom stereocenters. The van der Waals surface area contributed by atoms with Crippen molar-refractivity contribution in [3.05, 3.63) is 104 Å². The SMILES string of the molecule is Cc1ccc(-c2ccc(C=Nc3sc4c(c3C(=O)NCc3ccccc3)CCCC4)o2)c([N+](=O)[O-])c1. The van der Waals surface area contributed by atoms with E-state index >= 15 is 0 Å². The average Bonchev–Trinajstić information content (AvgIpc) is 3.51. The predicted molar refractivity (Wildman–Crippen MR) is 141 cm³/mol. The van der Waals surface area contributed by atoms with E-state index in [-0.39, 0.29) is 11.6 Å². The lowest BCUT2D eigenvalue weighted by atomic mass is 9.95. The lowest BCUT2D eigenvalue weighted by Crippen LogP contribution is -2.24. The van der Waals surface area contributed by atoms with Gasteiger partial charge in [-0.05, 0) is 67.5 Å². The second kappa shape index (κ2) is 10.3. The van der Waals surface area contributed by atoms with Gasteiger partial charge in [0.05, 0.1) is 22.3 Å². The van der Waals surface area contributed by atoms with Crippen molar-refractivity contribution in [2.75, 3.05) is 0 Å². The summed E-state index contributed by atoms with van der Waals surface area (Å²) in [5, 5.41) is 15.2. The minimum atomic E-state index is -0.408. The van der Waals surface area contributed by atoms with Gasteiger partial charge in [-0.25, -0.2) is 4.99 Å². The van der Waals surface area contributed by atoms with Gasteiger partial charge in [0.1, 0.15) is 16.5 Å². The smallest absolute Gasteiger partial charge is 0.280 e. The molecule has 2 heterocycles. The molecule has 1 amide bonds. The third-order valence-corrected chi connectivity index (χ3v) is 7.43. The molecule has 0 bridgehead atoms. The normalized spacial score (nSPS) is 13.0. The minimum Gasteiger partial charge on any atom is -0.455 e. The van der Waals surface area contributed by atoms with Crippen LogP contribution in [0.2, 0.25) is 0 Å². The van der Waals surface area contributed by atoms with Crippen molar-refractivity contribution in [3.8, 4) is 11.3 Å². The Hall–Kier alpha value is -4.04. The molecule has 7 nitrogen and oxygen atoms in total. The number of benzene rings is 2. The van der Waals surface area contributed by atoms with Crippen LogP contribution in [0.5, 0.6) is 0 Å². The van der Waals surface area contributed by atoms with Crippen LogP contribution in [0, 0.1) is 17.0 Å². The fourth-order valence-corrected chi connectivity index (χ4v) is 5.66. The van der Waals surface area contributed by atoms with E-state index in [2.05, 4.69) is 10.3 Å². The van der Waals surface area contributed by atoms with Gasteiger partial charge in [-0.1, -0.05) is 36.4 Å². The molecule has 1 aliphatic carbocycles. The second-order valence-electron chi connectivity index (χ2n) is 8.80. The standard InChI is InChI=1S/C28H25N3O4S/c1-18-11-13-21(23(15-18)31(33)34)24-14-12-20(35-24)17-30-28-26(22-9-5-6-10-25(22)36-28)27(32)29-16-19-7-3-2-4-8-19/h2-4,7-8,11-15,17H,5-6,9-10,16H2,1H3,(H,29,32). The predicted octanol–water partition coefficient (Wildman–Crippen LogP) is 6.78. The van der Waals surface area contributed by atoms with E-state index in [1.165, 1.54) is 10.9 Å². The first-order valence-electron chi connectivity index (χ1n) is 11.9. The van der Waals surface area contributed by atoms with E-state index in [9.17, 15) is 14.9 Å². The Morgan fingerprint density at radius 2 is 1.94 bits per heavy atom. The van der Waals surface area contributed by atoms with Gasteiger partial charge >= 0.3 is 0 Å². The van der Waals surface area contributed by atoms with Crippen LogP contribution in [0.25, 0.3) is 11.3 Å². The van der Waals surface area contributed by atoms with E-state index in [1.807, 2.05) is 43.3 Å². The lowest BCUT2D eigenvalue weighted by molar-refractivity contribution is -0.384. The molecule has 0 fully saturated rings. The summed E-state index contributed by atoms with van der Waals surface area (Å²) >= 11 is 1.55. The van der Waals surface area contributed by atoms with Crippen LogP contribution in [0.1, 0.15) is 50.5 Å². The van der Waals surface area contributed by atoms with E-state index in [4.69, 9.17) is 4.42 Å². The number of nitro groups is 1. The number of thiophene rings is 1. The van der Waals surface area contributed by atoms with E-state index < -0.39 is 4.92 Å². The van der Waals surface area contributed by atoms with Crippen molar-refractivity contribution in [1.29, 1.82) is 0 Å². The minimum absolute atomic E-state index is 0.00357. The highest BCUT2D eigenvalue weighted by molar-refractivity contribution is 7.16. The summed E-state index contributed by atoms with van der Waals surface area (Å²) in [6.07, 6.45) is 5.57.